The molecule has 2 heterocycles. The van der Waals surface area contributed by atoms with Gasteiger partial charge in [0.25, 0.3) is 5.91 Å². The zero-order chi connectivity index (χ0) is 21.5. The van der Waals surface area contributed by atoms with E-state index in [1.165, 1.54) is 0 Å². The van der Waals surface area contributed by atoms with Gasteiger partial charge in [-0.2, -0.15) is 0 Å². The van der Waals surface area contributed by atoms with Crippen molar-refractivity contribution in [2.45, 2.75) is 6.04 Å². The summed E-state index contributed by atoms with van der Waals surface area (Å²) in [6, 6.07) is 29.1. The third-order valence-corrected chi connectivity index (χ3v) is 6.66. The minimum absolute atomic E-state index is 0.153. The van der Waals surface area contributed by atoms with Gasteiger partial charge in [0.2, 0.25) is 0 Å². The predicted molar refractivity (Wildman–Crippen MR) is 130 cm³/mol. The second-order valence-corrected chi connectivity index (χ2v) is 8.54. The van der Waals surface area contributed by atoms with Crippen LogP contribution in [0.25, 0.3) is 31.9 Å². The SMILES string of the molecule is O=C(Nc1ccccc1)C(c1csc2ccc3ccccc3c12)n1nnc2ccccc21. The Balaban J connectivity index is 1.59. The van der Waals surface area contributed by atoms with E-state index < -0.39 is 6.04 Å². The lowest BCUT2D eigenvalue weighted by Gasteiger charge is -2.18. The lowest BCUT2D eigenvalue weighted by molar-refractivity contribution is -0.118. The summed E-state index contributed by atoms with van der Waals surface area (Å²) in [6.45, 7) is 0. The molecule has 0 aliphatic carbocycles. The second-order valence-electron chi connectivity index (χ2n) is 7.63. The summed E-state index contributed by atoms with van der Waals surface area (Å²) in [6.07, 6.45) is 0. The molecule has 0 saturated heterocycles. The molecule has 6 heteroatoms. The molecule has 6 aromatic rings. The zero-order valence-electron chi connectivity index (χ0n) is 17.0. The van der Waals surface area contributed by atoms with E-state index in [1.54, 1.807) is 16.0 Å². The molecule has 5 nitrogen and oxygen atoms in total. The van der Waals surface area contributed by atoms with Crippen LogP contribution in [0.1, 0.15) is 11.6 Å². The number of rotatable bonds is 4. The van der Waals surface area contributed by atoms with E-state index in [0.717, 1.165) is 43.1 Å². The Morgan fingerprint density at radius 3 is 2.56 bits per heavy atom. The van der Waals surface area contributed by atoms with Crippen LogP contribution < -0.4 is 5.32 Å². The molecule has 0 aliphatic heterocycles. The summed E-state index contributed by atoms with van der Waals surface area (Å²) < 4.78 is 2.87. The lowest BCUT2D eigenvalue weighted by atomic mass is 9.99. The first-order chi connectivity index (χ1) is 15.8. The van der Waals surface area contributed by atoms with Crippen LogP contribution in [-0.2, 0) is 4.79 Å². The minimum atomic E-state index is -0.665. The van der Waals surface area contributed by atoms with Gasteiger partial charge in [0.05, 0.1) is 5.52 Å². The van der Waals surface area contributed by atoms with Gasteiger partial charge in [0.1, 0.15) is 5.52 Å². The number of carbonyl (C=O) groups excluding carboxylic acids is 1. The Kier molecular flexibility index (Phi) is 4.44. The van der Waals surface area contributed by atoms with Gasteiger partial charge in [0.15, 0.2) is 6.04 Å². The first-order valence-corrected chi connectivity index (χ1v) is 11.2. The molecule has 1 unspecified atom stereocenters. The first kappa shape index (κ1) is 18.7. The van der Waals surface area contributed by atoms with Crippen molar-refractivity contribution in [2.24, 2.45) is 0 Å². The Morgan fingerprint density at radius 1 is 0.875 bits per heavy atom. The van der Waals surface area contributed by atoms with Gasteiger partial charge >= 0.3 is 0 Å². The third kappa shape index (κ3) is 3.04. The molecule has 2 aromatic heterocycles. The van der Waals surface area contributed by atoms with Crippen LogP contribution in [0.5, 0.6) is 0 Å². The molecule has 32 heavy (non-hydrogen) atoms. The number of thiophene rings is 1. The average Bonchev–Trinajstić information content (AvgIpc) is 3.45. The van der Waals surface area contributed by atoms with Crippen molar-refractivity contribution in [3.05, 3.63) is 102 Å². The molecule has 1 N–H and O–H groups in total. The summed E-state index contributed by atoms with van der Waals surface area (Å²) in [5.41, 5.74) is 3.25. The zero-order valence-corrected chi connectivity index (χ0v) is 17.8. The van der Waals surface area contributed by atoms with E-state index in [9.17, 15) is 4.79 Å². The lowest BCUT2D eigenvalue weighted by Crippen LogP contribution is -2.27. The Bertz CT molecular complexity index is 1590. The summed E-state index contributed by atoms with van der Waals surface area (Å²) in [7, 11) is 0. The van der Waals surface area contributed by atoms with Crippen molar-refractivity contribution in [3.8, 4) is 0 Å². The summed E-state index contributed by atoms with van der Waals surface area (Å²) >= 11 is 1.64. The molecule has 0 spiro atoms. The topological polar surface area (TPSA) is 59.8 Å². The Labute approximate surface area is 187 Å². The van der Waals surface area contributed by atoms with Crippen LogP contribution in [0.3, 0.4) is 0 Å². The molecule has 0 radical (unpaired) electrons. The van der Waals surface area contributed by atoms with Gasteiger partial charge < -0.3 is 5.32 Å². The van der Waals surface area contributed by atoms with E-state index in [0.29, 0.717) is 0 Å². The smallest absolute Gasteiger partial charge is 0.253 e. The molecule has 154 valence electrons. The number of hydrogen-bond acceptors (Lipinski definition) is 4. The largest absolute Gasteiger partial charge is 0.324 e. The molecular formula is C26H18N4OS. The molecular weight excluding hydrogens is 416 g/mol. The summed E-state index contributed by atoms with van der Waals surface area (Å²) in [5, 5.41) is 17.2. The quantitative estimate of drug-likeness (QED) is 0.369. The first-order valence-electron chi connectivity index (χ1n) is 10.3. The highest BCUT2D eigenvalue weighted by Crippen LogP contribution is 2.38. The number of amides is 1. The predicted octanol–water partition coefficient (Wildman–Crippen LogP) is 6.03. The van der Waals surface area contributed by atoms with Crippen LogP contribution >= 0.6 is 11.3 Å². The number of carbonyl (C=O) groups is 1. The number of para-hydroxylation sites is 2. The van der Waals surface area contributed by atoms with E-state index in [2.05, 4.69) is 45.3 Å². The monoisotopic (exact) mass is 434 g/mol. The fraction of sp³-hybridized carbons (Fsp3) is 0.0385. The molecule has 0 bridgehead atoms. The van der Waals surface area contributed by atoms with Gasteiger partial charge in [-0.15, -0.1) is 16.4 Å². The van der Waals surface area contributed by atoms with Gasteiger partial charge in [0, 0.05) is 21.3 Å². The molecule has 4 aromatic carbocycles. The second kappa shape index (κ2) is 7.59. The Morgan fingerprint density at radius 2 is 1.66 bits per heavy atom. The van der Waals surface area contributed by atoms with Crippen LogP contribution in [0.15, 0.2) is 96.4 Å². The molecule has 6 rings (SSSR count). The van der Waals surface area contributed by atoms with Crippen molar-refractivity contribution >= 4 is 54.8 Å². The maximum atomic E-state index is 13.7. The Hall–Kier alpha value is -4.03. The molecule has 0 saturated carbocycles. The number of nitrogens with one attached hydrogen (secondary N) is 1. The number of fused-ring (bicyclic) bond motifs is 4. The number of aromatic nitrogens is 3. The van der Waals surface area contributed by atoms with Crippen molar-refractivity contribution in [2.75, 3.05) is 5.32 Å². The normalized spacial score (nSPS) is 12.4. The number of benzene rings is 4. The third-order valence-electron chi connectivity index (χ3n) is 5.70. The van der Waals surface area contributed by atoms with Crippen molar-refractivity contribution in [1.82, 2.24) is 15.0 Å². The van der Waals surface area contributed by atoms with Gasteiger partial charge in [-0.05, 0) is 46.5 Å². The minimum Gasteiger partial charge on any atom is -0.324 e. The van der Waals surface area contributed by atoms with Crippen LogP contribution in [0, 0.1) is 0 Å². The van der Waals surface area contributed by atoms with Crippen molar-refractivity contribution in [1.29, 1.82) is 0 Å². The van der Waals surface area contributed by atoms with E-state index in [1.807, 2.05) is 66.7 Å². The molecule has 0 fully saturated rings. The van der Waals surface area contributed by atoms with Gasteiger partial charge in [-0.3, -0.25) is 4.79 Å². The maximum Gasteiger partial charge on any atom is 0.253 e. The molecule has 1 atom stereocenters. The number of nitrogens with zero attached hydrogens (tertiary/aromatic N) is 3. The van der Waals surface area contributed by atoms with Crippen molar-refractivity contribution < 1.29 is 4.79 Å². The fourth-order valence-electron chi connectivity index (χ4n) is 4.23. The van der Waals surface area contributed by atoms with Gasteiger partial charge in [-0.25, -0.2) is 4.68 Å². The highest BCUT2D eigenvalue weighted by molar-refractivity contribution is 7.17. The maximum absolute atomic E-state index is 13.7. The van der Waals surface area contributed by atoms with E-state index in [-0.39, 0.29) is 5.91 Å². The fourth-order valence-corrected chi connectivity index (χ4v) is 5.22. The summed E-state index contributed by atoms with van der Waals surface area (Å²) in [4.78, 5) is 13.7. The highest BCUT2D eigenvalue weighted by Gasteiger charge is 2.29. The number of anilines is 1. The van der Waals surface area contributed by atoms with Crippen LogP contribution in [0.2, 0.25) is 0 Å². The van der Waals surface area contributed by atoms with Gasteiger partial charge in [-0.1, -0.05) is 65.9 Å². The van der Waals surface area contributed by atoms with E-state index in [4.69, 9.17) is 0 Å². The van der Waals surface area contributed by atoms with Crippen molar-refractivity contribution in [3.63, 3.8) is 0 Å². The van der Waals surface area contributed by atoms with Crippen LogP contribution in [0.4, 0.5) is 5.69 Å². The average molecular weight is 435 g/mol. The summed E-state index contributed by atoms with van der Waals surface area (Å²) in [5.74, 6) is -0.153. The van der Waals surface area contributed by atoms with E-state index >= 15 is 0 Å². The molecule has 1 amide bonds. The molecule has 0 aliphatic rings. The standard InChI is InChI=1S/C26H18N4OS/c31-26(27-18-9-2-1-3-10-18)25(30-22-13-7-6-12-21(22)28-29-30)20-16-32-23-15-14-17-8-4-5-11-19(17)24(20)23/h1-16,25H,(H,27,31). The van der Waals surface area contributed by atoms with Crippen LogP contribution in [-0.4, -0.2) is 20.9 Å². The number of hydrogen-bond donors (Lipinski definition) is 1. The highest BCUT2D eigenvalue weighted by atomic mass is 32.1.